The van der Waals surface area contributed by atoms with Crippen LogP contribution in [0.1, 0.15) is 5.56 Å². The third-order valence-corrected chi connectivity index (χ3v) is 3.38. The van der Waals surface area contributed by atoms with Crippen LogP contribution in [0.4, 0.5) is 16.2 Å². The van der Waals surface area contributed by atoms with Crippen LogP contribution >= 0.6 is 0 Å². The Kier molecular flexibility index (Phi) is 3.64. The van der Waals surface area contributed by atoms with Gasteiger partial charge in [-0.25, -0.2) is 4.79 Å². The lowest BCUT2D eigenvalue weighted by atomic mass is 10.2. The number of nitrogens with two attached hydrogens (primary N) is 1. The van der Waals surface area contributed by atoms with Gasteiger partial charge in [-0.15, -0.1) is 0 Å². The van der Waals surface area contributed by atoms with Crippen molar-refractivity contribution in [3.05, 3.63) is 54.1 Å². The summed E-state index contributed by atoms with van der Waals surface area (Å²) in [6.45, 7) is 1.56. The van der Waals surface area contributed by atoms with Crippen molar-refractivity contribution in [2.24, 2.45) is 0 Å². The molecule has 3 N–H and O–H groups in total. The highest BCUT2D eigenvalue weighted by Gasteiger charge is 2.19. The predicted octanol–water partition coefficient (Wildman–Crippen LogP) is 2.70. The van der Waals surface area contributed by atoms with Crippen molar-refractivity contribution in [3.63, 3.8) is 0 Å². The molecule has 5 heteroatoms. The van der Waals surface area contributed by atoms with E-state index in [4.69, 9.17) is 10.5 Å². The fourth-order valence-corrected chi connectivity index (χ4v) is 2.32. The van der Waals surface area contributed by atoms with Crippen molar-refractivity contribution in [2.45, 2.75) is 6.54 Å². The van der Waals surface area contributed by atoms with Gasteiger partial charge in [0.15, 0.2) is 0 Å². The Morgan fingerprint density at radius 2 is 2.05 bits per heavy atom. The number of ether oxygens (including phenoxy) is 1. The SMILES string of the molecule is Nc1cccc(NC(=O)N2CCOc3ccccc3C2)c1. The van der Waals surface area contributed by atoms with Crippen LogP contribution in [0.3, 0.4) is 0 Å². The summed E-state index contributed by atoms with van der Waals surface area (Å²) in [4.78, 5) is 14.1. The summed E-state index contributed by atoms with van der Waals surface area (Å²) in [5, 5.41) is 2.86. The Balaban J connectivity index is 1.73. The molecule has 1 aliphatic rings. The number of rotatable bonds is 1. The first-order valence-electron chi connectivity index (χ1n) is 6.84. The number of benzene rings is 2. The lowest BCUT2D eigenvalue weighted by molar-refractivity contribution is 0.200. The standard InChI is InChI=1S/C16H17N3O2/c17-13-5-3-6-14(10-13)18-16(20)19-8-9-21-15-7-2-1-4-12(15)11-19/h1-7,10H,8-9,11,17H2,(H,18,20). The summed E-state index contributed by atoms with van der Waals surface area (Å²) >= 11 is 0. The lowest BCUT2D eigenvalue weighted by Gasteiger charge is -2.20. The molecule has 108 valence electrons. The number of hydrogen-bond acceptors (Lipinski definition) is 3. The van der Waals surface area contributed by atoms with Gasteiger partial charge >= 0.3 is 6.03 Å². The molecule has 0 aromatic heterocycles. The number of amides is 2. The van der Waals surface area contributed by atoms with Gasteiger partial charge in [0.05, 0.1) is 13.1 Å². The first-order chi connectivity index (χ1) is 10.2. The number of hydrogen-bond donors (Lipinski definition) is 2. The second-order valence-corrected chi connectivity index (χ2v) is 4.93. The number of fused-ring (bicyclic) bond motifs is 1. The number of urea groups is 1. The number of nitrogens with one attached hydrogen (secondary N) is 1. The fourth-order valence-electron chi connectivity index (χ4n) is 2.32. The Bertz CT molecular complexity index is 657. The molecule has 1 aliphatic heterocycles. The maximum absolute atomic E-state index is 12.4. The summed E-state index contributed by atoms with van der Waals surface area (Å²) in [6.07, 6.45) is 0. The van der Waals surface area contributed by atoms with E-state index >= 15 is 0 Å². The maximum Gasteiger partial charge on any atom is 0.322 e. The van der Waals surface area contributed by atoms with Gasteiger partial charge in [0.1, 0.15) is 12.4 Å². The van der Waals surface area contributed by atoms with Crippen molar-refractivity contribution >= 4 is 17.4 Å². The summed E-state index contributed by atoms with van der Waals surface area (Å²) in [7, 11) is 0. The van der Waals surface area contributed by atoms with E-state index in [0.29, 0.717) is 31.1 Å². The van der Waals surface area contributed by atoms with Gasteiger partial charge in [0.25, 0.3) is 0 Å². The van der Waals surface area contributed by atoms with Crippen LogP contribution in [0.25, 0.3) is 0 Å². The van der Waals surface area contributed by atoms with E-state index in [2.05, 4.69) is 5.32 Å². The predicted molar refractivity (Wildman–Crippen MR) is 82.2 cm³/mol. The second-order valence-electron chi connectivity index (χ2n) is 4.93. The third kappa shape index (κ3) is 3.08. The largest absolute Gasteiger partial charge is 0.491 e. The van der Waals surface area contributed by atoms with Crippen LogP contribution in [0.5, 0.6) is 5.75 Å². The topological polar surface area (TPSA) is 67.6 Å². The minimum Gasteiger partial charge on any atom is -0.491 e. The van der Waals surface area contributed by atoms with Crippen LogP contribution in [0.2, 0.25) is 0 Å². The first-order valence-corrected chi connectivity index (χ1v) is 6.84. The van der Waals surface area contributed by atoms with Crippen LogP contribution in [0.15, 0.2) is 48.5 Å². The van der Waals surface area contributed by atoms with Gasteiger partial charge in [0.2, 0.25) is 0 Å². The highest BCUT2D eigenvalue weighted by molar-refractivity contribution is 5.89. The van der Waals surface area contributed by atoms with Gasteiger partial charge in [-0.1, -0.05) is 24.3 Å². The molecule has 2 amide bonds. The van der Waals surface area contributed by atoms with Crippen molar-refractivity contribution in [2.75, 3.05) is 24.2 Å². The first kappa shape index (κ1) is 13.3. The van der Waals surface area contributed by atoms with Gasteiger partial charge in [-0.05, 0) is 24.3 Å². The van der Waals surface area contributed by atoms with Gasteiger partial charge in [0, 0.05) is 16.9 Å². The van der Waals surface area contributed by atoms with Crippen LogP contribution in [-0.2, 0) is 6.54 Å². The number of anilines is 2. The van der Waals surface area contributed by atoms with Gasteiger partial charge in [-0.3, -0.25) is 0 Å². The summed E-state index contributed by atoms with van der Waals surface area (Å²) in [5.74, 6) is 0.844. The molecule has 2 aromatic carbocycles. The number of carbonyl (C=O) groups is 1. The lowest BCUT2D eigenvalue weighted by Crippen LogP contribution is -2.36. The highest BCUT2D eigenvalue weighted by atomic mass is 16.5. The Hall–Kier alpha value is -2.69. The quantitative estimate of drug-likeness (QED) is 0.791. The van der Waals surface area contributed by atoms with E-state index < -0.39 is 0 Å². The molecule has 3 rings (SSSR count). The van der Waals surface area contributed by atoms with Gasteiger partial charge in [-0.2, -0.15) is 0 Å². The molecule has 0 saturated heterocycles. The van der Waals surface area contributed by atoms with E-state index in [1.165, 1.54) is 0 Å². The summed E-state index contributed by atoms with van der Waals surface area (Å²) in [5.41, 5.74) is 8.04. The average Bonchev–Trinajstić information content (AvgIpc) is 2.69. The molecule has 1 heterocycles. The van der Waals surface area contributed by atoms with Crippen molar-refractivity contribution in [3.8, 4) is 5.75 Å². The number of nitrogens with zero attached hydrogens (tertiary/aromatic N) is 1. The van der Waals surface area contributed by atoms with Gasteiger partial charge < -0.3 is 20.7 Å². The molecule has 21 heavy (non-hydrogen) atoms. The van der Waals surface area contributed by atoms with E-state index in [-0.39, 0.29) is 6.03 Å². The third-order valence-electron chi connectivity index (χ3n) is 3.38. The molecule has 0 saturated carbocycles. The molecule has 0 aliphatic carbocycles. The zero-order valence-electron chi connectivity index (χ0n) is 11.6. The Morgan fingerprint density at radius 1 is 1.19 bits per heavy atom. The van der Waals surface area contributed by atoms with E-state index in [1.54, 1.807) is 17.0 Å². The summed E-state index contributed by atoms with van der Waals surface area (Å²) in [6, 6.07) is 14.8. The minimum absolute atomic E-state index is 0.152. The molecular weight excluding hydrogens is 266 g/mol. The zero-order valence-corrected chi connectivity index (χ0v) is 11.6. The molecule has 0 bridgehead atoms. The number of para-hydroxylation sites is 1. The zero-order chi connectivity index (χ0) is 14.7. The molecular formula is C16H17N3O2. The van der Waals surface area contributed by atoms with Crippen molar-refractivity contribution in [1.29, 1.82) is 0 Å². The fraction of sp³-hybridized carbons (Fsp3) is 0.188. The molecule has 0 fully saturated rings. The Labute approximate surface area is 123 Å². The number of carbonyl (C=O) groups excluding carboxylic acids is 1. The van der Waals surface area contributed by atoms with E-state index in [1.807, 2.05) is 36.4 Å². The van der Waals surface area contributed by atoms with Crippen LogP contribution < -0.4 is 15.8 Å². The molecule has 5 nitrogen and oxygen atoms in total. The maximum atomic E-state index is 12.4. The second kappa shape index (κ2) is 5.75. The molecule has 0 radical (unpaired) electrons. The smallest absolute Gasteiger partial charge is 0.322 e. The minimum atomic E-state index is -0.152. The van der Waals surface area contributed by atoms with Crippen molar-refractivity contribution < 1.29 is 9.53 Å². The van der Waals surface area contributed by atoms with Crippen LogP contribution in [-0.4, -0.2) is 24.1 Å². The number of nitrogen functional groups attached to an aromatic ring is 1. The Morgan fingerprint density at radius 3 is 2.90 bits per heavy atom. The molecule has 2 aromatic rings. The highest BCUT2D eigenvalue weighted by Crippen LogP contribution is 2.23. The van der Waals surface area contributed by atoms with Crippen LogP contribution in [0, 0.1) is 0 Å². The van der Waals surface area contributed by atoms with E-state index in [9.17, 15) is 4.79 Å². The summed E-state index contributed by atoms with van der Waals surface area (Å²) < 4.78 is 5.66. The monoisotopic (exact) mass is 283 g/mol. The molecule has 0 spiro atoms. The van der Waals surface area contributed by atoms with Crippen molar-refractivity contribution in [1.82, 2.24) is 4.90 Å². The molecule has 0 atom stereocenters. The normalized spacial score (nSPS) is 13.8. The van der Waals surface area contributed by atoms with E-state index in [0.717, 1.165) is 11.3 Å². The average molecular weight is 283 g/mol. The molecule has 0 unspecified atom stereocenters.